The van der Waals surface area contributed by atoms with Gasteiger partial charge in [0.1, 0.15) is 5.60 Å². The highest BCUT2D eigenvalue weighted by Crippen LogP contribution is 2.41. The molecule has 0 unspecified atom stereocenters. The lowest BCUT2D eigenvalue weighted by molar-refractivity contribution is 0.0523. The van der Waals surface area contributed by atoms with Crippen LogP contribution in [0.15, 0.2) is 84.4 Å². The van der Waals surface area contributed by atoms with Gasteiger partial charge >= 0.3 is 6.09 Å². The van der Waals surface area contributed by atoms with Gasteiger partial charge in [-0.1, -0.05) is 93.6 Å². The van der Waals surface area contributed by atoms with Crippen molar-refractivity contribution in [2.45, 2.75) is 90.6 Å². The molecule has 1 aliphatic carbocycles. The third-order valence-electron chi connectivity index (χ3n) is 8.15. The number of amides is 1. The van der Waals surface area contributed by atoms with Crippen LogP contribution in [0.1, 0.15) is 65.6 Å². The minimum absolute atomic E-state index is 0.0599. The monoisotopic (exact) mass is 627 g/mol. The molecule has 5 rings (SSSR count). The number of ether oxygens (including phenoxy) is 1. The van der Waals surface area contributed by atoms with E-state index in [0.29, 0.717) is 6.54 Å². The summed E-state index contributed by atoms with van der Waals surface area (Å²) in [5.74, 6) is 0. The summed E-state index contributed by atoms with van der Waals surface area (Å²) in [6.07, 6.45) is 1.54. The summed E-state index contributed by atoms with van der Waals surface area (Å²) in [4.78, 5) is 18.1. The molecule has 0 aliphatic heterocycles. The number of benzene rings is 3. The molecule has 0 spiro atoms. The zero-order chi connectivity index (χ0) is 31.5. The molecule has 3 aromatic carbocycles. The Morgan fingerprint density at radius 3 is 2.07 bits per heavy atom. The third-order valence-corrected chi connectivity index (χ3v) is 14.2. The van der Waals surface area contributed by atoms with E-state index in [1.807, 2.05) is 33.2 Å². The van der Waals surface area contributed by atoms with Gasteiger partial charge in [-0.3, -0.25) is 0 Å². The number of nitrogens with zero attached hydrogens (tertiary/aromatic N) is 1. The molecule has 1 heterocycles. The van der Waals surface area contributed by atoms with Gasteiger partial charge in [0.05, 0.1) is 16.1 Å². The Kier molecular flexibility index (Phi) is 9.35. The van der Waals surface area contributed by atoms with Crippen LogP contribution in [0.2, 0.25) is 5.04 Å². The Hall–Kier alpha value is -3.46. The van der Waals surface area contributed by atoms with Gasteiger partial charge in [0, 0.05) is 24.4 Å². The Labute approximate surface area is 267 Å². The molecule has 0 atom stereocenters. The highest BCUT2D eigenvalue weighted by atomic mass is 32.1. The zero-order valence-electron chi connectivity index (χ0n) is 26.9. The first kappa shape index (κ1) is 31.9. The smallest absolute Gasteiger partial charge is 0.407 e. The number of aryl methyl sites for hydroxylation is 1. The molecule has 0 saturated heterocycles. The van der Waals surface area contributed by atoms with E-state index in [2.05, 4.69) is 115 Å². The fourth-order valence-corrected chi connectivity index (χ4v) is 11.5. The van der Waals surface area contributed by atoms with E-state index < -0.39 is 20.0 Å². The number of carbonyl (C=O) groups excluding carboxylic acids is 1. The Morgan fingerprint density at radius 1 is 0.932 bits per heavy atom. The quantitative estimate of drug-likeness (QED) is 0.187. The molecule has 8 heteroatoms. The van der Waals surface area contributed by atoms with Crippen LogP contribution < -0.4 is 21.0 Å². The van der Waals surface area contributed by atoms with Gasteiger partial charge in [-0.05, 0) is 73.1 Å². The summed E-state index contributed by atoms with van der Waals surface area (Å²) in [6.45, 7) is 15.0. The second-order valence-electron chi connectivity index (χ2n) is 13.7. The number of hydrogen-bond acceptors (Lipinski definition) is 6. The van der Waals surface area contributed by atoms with E-state index >= 15 is 0 Å². The molecule has 4 aromatic rings. The second kappa shape index (κ2) is 12.9. The zero-order valence-corrected chi connectivity index (χ0v) is 28.8. The van der Waals surface area contributed by atoms with E-state index in [1.54, 1.807) is 11.3 Å². The van der Waals surface area contributed by atoms with Crippen molar-refractivity contribution in [3.63, 3.8) is 0 Å². The van der Waals surface area contributed by atoms with Crippen molar-refractivity contribution in [2.75, 3.05) is 5.32 Å². The molecule has 1 fully saturated rings. The van der Waals surface area contributed by atoms with Gasteiger partial charge in [-0.15, -0.1) is 11.3 Å². The van der Waals surface area contributed by atoms with Crippen LogP contribution in [0.4, 0.5) is 10.5 Å². The van der Waals surface area contributed by atoms with E-state index in [4.69, 9.17) is 9.16 Å². The molecule has 44 heavy (non-hydrogen) atoms. The number of aromatic nitrogens is 1. The topological polar surface area (TPSA) is 72.5 Å². The summed E-state index contributed by atoms with van der Waals surface area (Å²) >= 11 is 1.64. The number of hydrogen-bond donors (Lipinski definition) is 2. The van der Waals surface area contributed by atoms with Gasteiger partial charge in [-0.2, -0.15) is 0 Å². The highest BCUT2D eigenvalue weighted by Gasteiger charge is 2.52. The minimum atomic E-state index is -2.61. The van der Waals surface area contributed by atoms with E-state index in [9.17, 15) is 4.79 Å². The number of anilines is 1. The Morgan fingerprint density at radius 2 is 1.55 bits per heavy atom. The van der Waals surface area contributed by atoms with Crippen LogP contribution in [0.5, 0.6) is 0 Å². The lowest BCUT2D eigenvalue weighted by atomic mass is 9.89. The van der Waals surface area contributed by atoms with Crippen molar-refractivity contribution in [3.05, 3.63) is 95.6 Å². The fraction of sp³-hybridized carbons (Fsp3) is 0.389. The number of carbonyl (C=O) groups is 1. The molecular weight excluding hydrogens is 583 g/mol. The molecule has 0 radical (unpaired) electrons. The maximum Gasteiger partial charge on any atom is 0.407 e. The van der Waals surface area contributed by atoms with Crippen molar-refractivity contribution in [1.29, 1.82) is 0 Å². The van der Waals surface area contributed by atoms with Crippen LogP contribution in [0.3, 0.4) is 0 Å². The SMILES string of the molecule is Cc1ncsc1-c1ccc(CNC(=O)OC(C)(C)C)c(NC2CC(O[Si](c3ccccc3)(c3ccccc3)C(C)(C)C)C2)c1. The van der Waals surface area contributed by atoms with Crippen LogP contribution in [-0.4, -0.2) is 37.1 Å². The minimum Gasteiger partial charge on any atom is -0.444 e. The summed E-state index contributed by atoms with van der Waals surface area (Å²) in [7, 11) is -2.61. The molecular formula is C36H45N3O3SSi. The normalized spacial score (nSPS) is 17.1. The van der Waals surface area contributed by atoms with Crippen molar-refractivity contribution >= 4 is 41.8 Å². The van der Waals surface area contributed by atoms with Crippen LogP contribution >= 0.6 is 11.3 Å². The van der Waals surface area contributed by atoms with Gasteiger partial charge in [0.25, 0.3) is 8.32 Å². The van der Waals surface area contributed by atoms with Crippen molar-refractivity contribution in [2.24, 2.45) is 0 Å². The van der Waals surface area contributed by atoms with Crippen molar-refractivity contribution in [3.8, 4) is 10.4 Å². The molecule has 1 aliphatic rings. The van der Waals surface area contributed by atoms with Crippen LogP contribution in [0, 0.1) is 6.92 Å². The molecule has 1 saturated carbocycles. The van der Waals surface area contributed by atoms with E-state index in [0.717, 1.165) is 40.2 Å². The van der Waals surface area contributed by atoms with Gasteiger partial charge in [0.2, 0.25) is 0 Å². The maximum atomic E-state index is 12.4. The summed E-state index contributed by atoms with van der Waals surface area (Å²) in [5, 5.41) is 9.28. The first-order valence-corrected chi connectivity index (χ1v) is 18.2. The Bertz CT molecular complexity index is 1520. The molecule has 232 valence electrons. The van der Waals surface area contributed by atoms with Crippen LogP contribution in [0.25, 0.3) is 10.4 Å². The number of nitrogens with one attached hydrogen (secondary N) is 2. The summed E-state index contributed by atoms with van der Waals surface area (Å²) in [5.41, 5.74) is 5.49. The third kappa shape index (κ3) is 7.09. The van der Waals surface area contributed by atoms with E-state index in [1.165, 1.54) is 10.4 Å². The fourth-order valence-electron chi connectivity index (χ4n) is 6.01. The summed E-state index contributed by atoms with van der Waals surface area (Å²) < 4.78 is 12.8. The standard InChI is InChI=1S/C36H45N3O3SSi/c1-25-33(43-24-38-25)26-18-19-27(23-37-34(40)41-35(2,3)4)32(20-26)39-28-21-29(22-28)42-44(36(5,6)7,30-14-10-8-11-15-30)31-16-12-9-13-17-31/h8-20,24,28-29,39H,21-23H2,1-7H3,(H,37,40). The molecule has 0 bridgehead atoms. The average molecular weight is 628 g/mol. The van der Waals surface area contributed by atoms with Gasteiger partial charge in [-0.25, -0.2) is 9.78 Å². The number of rotatable bonds is 9. The average Bonchev–Trinajstić information content (AvgIpc) is 3.38. The second-order valence-corrected chi connectivity index (χ2v) is 18.8. The number of thiazole rings is 1. The summed E-state index contributed by atoms with van der Waals surface area (Å²) in [6, 6.07) is 28.3. The first-order chi connectivity index (χ1) is 20.9. The Balaban J connectivity index is 1.36. The van der Waals surface area contributed by atoms with Crippen molar-refractivity contribution < 1.29 is 14.0 Å². The van der Waals surface area contributed by atoms with Crippen molar-refractivity contribution in [1.82, 2.24) is 10.3 Å². The number of alkyl carbamates (subject to hydrolysis) is 1. The van der Waals surface area contributed by atoms with Gasteiger partial charge < -0.3 is 19.8 Å². The predicted octanol–water partition coefficient (Wildman–Crippen LogP) is 7.66. The van der Waals surface area contributed by atoms with Gasteiger partial charge in [0.15, 0.2) is 0 Å². The maximum absolute atomic E-state index is 12.4. The molecule has 1 aromatic heterocycles. The molecule has 1 amide bonds. The predicted molar refractivity (Wildman–Crippen MR) is 184 cm³/mol. The largest absolute Gasteiger partial charge is 0.444 e. The molecule has 2 N–H and O–H groups in total. The van der Waals surface area contributed by atoms with Crippen LogP contribution in [-0.2, 0) is 15.7 Å². The molecule has 6 nitrogen and oxygen atoms in total. The first-order valence-electron chi connectivity index (χ1n) is 15.4. The van der Waals surface area contributed by atoms with E-state index in [-0.39, 0.29) is 17.2 Å². The highest BCUT2D eigenvalue weighted by molar-refractivity contribution is 7.13. The lowest BCUT2D eigenvalue weighted by Crippen LogP contribution is -2.69. The lowest BCUT2D eigenvalue weighted by Gasteiger charge is -2.49.